The molecule has 4 nitrogen and oxygen atoms in total. The zero-order valence-electron chi connectivity index (χ0n) is 10.1. The molecular weight excluding hydrogens is 246 g/mol. The highest BCUT2D eigenvalue weighted by Gasteiger charge is 2.07. The van der Waals surface area contributed by atoms with Gasteiger partial charge in [-0.15, -0.1) is 0 Å². The highest BCUT2D eigenvalue weighted by molar-refractivity contribution is 7.08. The average Bonchev–Trinajstić information content (AvgIpc) is 2.91. The van der Waals surface area contributed by atoms with Crippen molar-refractivity contribution in [3.05, 3.63) is 40.7 Å². The molecule has 0 spiro atoms. The number of hydrogen-bond acceptors (Lipinski definition) is 3. The van der Waals surface area contributed by atoms with Gasteiger partial charge in [0.15, 0.2) is 0 Å². The van der Waals surface area contributed by atoms with E-state index in [9.17, 15) is 4.79 Å². The molecule has 2 N–H and O–H groups in total. The van der Waals surface area contributed by atoms with Gasteiger partial charge in [0.1, 0.15) is 0 Å². The van der Waals surface area contributed by atoms with Gasteiger partial charge in [0.05, 0.1) is 5.69 Å². The molecule has 0 unspecified atom stereocenters. The van der Waals surface area contributed by atoms with E-state index >= 15 is 0 Å². The summed E-state index contributed by atoms with van der Waals surface area (Å²) in [6.07, 6.45) is 1.77. The first kappa shape index (κ1) is 12.6. The molecule has 2 rings (SSSR count). The fraction of sp³-hybridized carbons (Fsp3) is 0.231. The normalized spacial score (nSPS) is 10.1. The molecule has 94 valence electrons. The number of urea groups is 1. The zero-order chi connectivity index (χ0) is 12.8. The third kappa shape index (κ3) is 3.07. The number of carbonyl (C=O) groups is 1. The Balaban J connectivity index is 2.11. The number of nitrogens with one attached hydrogen (secondary N) is 2. The van der Waals surface area contributed by atoms with Gasteiger partial charge in [0.25, 0.3) is 0 Å². The minimum absolute atomic E-state index is 0.155. The van der Waals surface area contributed by atoms with E-state index in [4.69, 9.17) is 0 Å². The van der Waals surface area contributed by atoms with Crippen molar-refractivity contribution in [3.63, 3.8) is 0 Å². The summed E-state index contributed by atoms with van der Waals surface area (Å²) in [5.74, 6) is 0. The molecular formula is C13H15N3OS. The molecule has 2 aromatic heterocycles. The van der Waals surface area contributed by atoms with Crippen LogP contribution in [0.2, 0.25) is 0 Å². The second-order valence-corrected chi connectivity index (χ2v) is 4.52. The van der Waals surface area contributed by atoms with Crippen molar-refractivity contribution in [1.29, 1.82) is 0 Å². The lowest BCUT2D eigenvalue weighted by Crippen LogP contribution is -2.34. The molecule has 0 saturated carbocycles. The number of aromatic nitrogens is 1. The maximum Gasteiger partial charge on any atom is 0.315 e. The van der Waals surface area contributed by atoms with E-state index in [0.717, 1.165) is 16.8 Å². The number of nitrogens with zero attached hydrogens (tertiary/aromatic N) is 1. The highest BCUT2D eigenvalue weighted by Crippen LogP contribution is 2.23. The Bertz CT molecular complexity index is 511. The number of carbonyl (C=O) groups excluding carboxylic acids is 1. The molecule has 0 aliphatic carbocycles. The molecule has 0 bridgehead atoms. The van der Waals surface area contributed by atoms with Gasteiger partial charge in [-0.3, -0.25) is 4.98 Å². The largest absolute Gasteiger partial charge is 0.338 e. The van der Waals surface area contributed by atoms with Crippen LogP contribution in [0.15, 0.2) is 35.2 Å². The monoisotopic (exact) mass is 261 g/mol. The minimum Gasteiger partial charge on any atom is -0.338 e. The Kier molecular flexibility index (Phi) is 4.30. The minimum atomic E-state index is -0.155. The first-order chi connectivity index (χ1) is 8.81. The van der Waals surface area contributed by atoms with Crippen molar-refractivity contribution in [2.45, 2.75) is 13.5 Å². The van der Waals surface area contributed by atoms with E-state index in [1.54, 1.807) is 17.5 Å². The Morgan fingerprint density at radius 3 is 3.00 bits per heavy atom. The van der Waals surface area contributed by atoms with Gasteiger partial charge in [0.2, 0.25) is 0 Å². The molecule has 0 radical (unpaired) electrons. The van der Waals surface area contributed by atoms with Crippen LogP contribution in [-0.4, -0.2) is 17.6 Å². The first-order valence-electron chi connectivity index (χ1n) is 5.79. The van der Waals surface area contributed by atoms with Crippen molar-refractivity contribution < 1.29 is 4.79 Å². The molecule has 0 aromatic carbocycles. The summed E-state index contributed by atoms with van der Waals surface area (Å²) in [4.78, 5) is 15.8. The van der Waals surface area contributed by atoms with Crippen molar-refractivity contribution in [2.75, 3.05) is 6.54 Å². The molecule has 0 atom stereocenters. The lowest BCUT2D eigenvalue weighted by Gasteiger charge is -2.09. The second kappa shape index (κ2) is 6.16. The topological polar surface area (TPSA) is 54.0 Å². The zero-order valence-corrected chi connectivity index (χ0v) is 11.0. The highest BCUT2D eigenvalue weighted by atomic mass is 32.1. The molecule has 5 heteroatoms. The van der Waals surface area contributed by atoms with Crippen LogP contribution in [0.5, 0.6) is 0 Å². The van der Waals surface area contributed by atoms with Crippen LogP contribution in [0.25, 0.3) is 11.3 Å². The van der Waals surface area contributed by atoms with E-state index in [-0.39, 0.29) is 6.03 Å². The Hall–Kier alpha value is -1.88. The van der Waals surface area contributed by atoms with E-state index in [1.807, 2.05) is 30.5 Å². The van der Waals surface area contributed by atoms with Gasteiger partial charge in [-0.25, -0.2) is 4.79 Å². The van der Waals surface area contributed by atoms with Crippen LogP contribution in [0.3, 0.4) is 0 Å². The first-order valence-corrected chi connectivity index (χ1v) is 6.73. The molecule has 18 heavy (non-hydrogen) atoms. The van der Waals surface area contributed by atoms with Crippen LogP contribution < -0.4 is 10.6 Å². The predicted octanol–water partition coefficient (Wildman–Crippen LogP) is 2.63. The summed E-state index contributed by atoms with van der Waals surface area (Å²) in [7, 11) is 0. The van der Waals surface area contributed by atoms with E-state index < -0.39 is 0 Å². The van der Waals surface area contributed by atoms with Crippen molar-refractivity contribution in [1.82, 2.24) is 15.6 Å². The van der Waals surface area contributed by atoms with Crippen molar-refractivity contribution >= 4 is 17.4 Å². The Morgan fingerprint density at radius 2 is 2.28 bits per heavy atom. The summed E-state index contributed by atoms with van der Waals surface area (Å²) >= 11 is 1.64. The standard InChI is InChI=1S/C13H15N3OS/c1-2-14-13(17)16-8-10-4-3-6-15-12(10)11-5-7-18-9-11/h3-7,9H,2,8H2,1H3,(H2,14,16,17). The van der Waals surface area contributed by atoms with Crippen LogP contribution in [0.1, 0.15) is 12.5 Å². The van der Waals surface area contributed by atoms with Gasteiger partial charge in [-0.05, 0) is 30.0 Å². The maximum atomic E-state index is 11.4. The molecule has 0 aliphatic heterocycles. The quantitative estimate of drug-likeness (QED) is 0.889. The van der Waals surface area contributed by atoms with Gasteiger partial charge in [-0.1, -0.05) is 6.07 Å². The van der Waals surface area contributed by atoms with Crippen LogP contribution >= 0.6 is 11.3 Å². The van der Waals surface area contributed by atoms with Crippen molar-refractivity contribution in [2.24, 2.45) is 0 Å². The number of rotatable bonds is 4. The third-order valence-corrected chi connectivity index (χ3v) is 3.15. The van der Waals surface area contributed by atoms with Crippen LogP contribution in [-0.2, 0) is 6.54 Å². The smallest absolute Gasteiger partial charge is 0.315 e. The fourth-order valence-electron chi connectivity index (χ4n) is 1.64. The molecule has 2 aromatic rings. The van der Waals surface area contributed by atoms with Gasteiger partial charge >= 0.3 is 6.03 Å². The Morgan fingerprint density at radius 1 is 1.39 bits per heavy atom. The lowest BCUT2D eigenvalue weighted by atomic mass is 10.1. The van der Waals surface area contributed by atoms with Crippen LogP contribution in [0.4, 0.5) is 4.79 Å². The maximum absolute atomic E-state index is 11.4. The van der Waals surface area contributed by atoms with E-state index in [0.29, 0.717) is 13.1 Å². The summed E-state index contributed by atoms with van der Waals surface area (Å²) in [5, 5.41) is 9.59. The molecule has 2 amide bonds. The molecule has 2 heterocycles. The predicted molar refractivity (Wildman–Crippen MR) is 73.5 cm³/mol. The van der Waals surface area contributed by atoms with E-state index in [1.165, 1.54) is 0 Å². The fourth-order valence-corrected chi connectivity index (χ4v) is 2.28. The van der Waals surface area contributed by atoms with Gasteiger partial charge < -0.3 is 10.6 Å². The van der Waals surface area contributed by atoms with E-state index in [2.05, 4.69) is 21.0 Å². The molecule has 0 fully saturated rings. The number of amides is 2. The SMILES string of the molecule is CCNC(=O)NCc1cccnc1-c1ccsc1. The van der Waals surface area contributed by atoms with Crippen LogP contribution in [0, 0.1) is 0 Å². The van der Waals surface area contributed by atoms with Gasteiger partial charge in [-0.2, -0.15) is 11.3 Å². The average molecular weight is 261 g/mol. The second-order valence-electron chi connectivity index (χ2n) is 3.74. The van der Waals surface area contributed by atoms with Crippen molar-refractivity contribution in [3.8, 4) is 11.3 Å². The lowest BCUT2D eigenvalue weighted by molar-refractivity contribution is 0.241. The summed E-state index contributed by atoms with van der Waals surface area (Å²) in [6, 6.07) is 5.73. The summed E-state index contributed by atoms with van der Waals surface area (Å²) in [6.45, 7) is 2.99. The van der Waals surface area contributed by atoms with Gasteiger partial charge in [0, 0.05) is 30.2 Å². The molecule has 0 saturated heterocycles. The third-order valence-electron chi connectivity index (χ3n) is 2.46. The summed E-state index contributed by atoms with van der Waals surface area (Å²) in [5.41, 5.74) is 3.03. The Labute approximate surface area is 110 Å². The summed E-state index contributed by atoms with van der Waals surface area (Å²) < 4.78 is 0. The number of pyridine rings is 1. The number of hydrogen-bond donors (Lipinski definition) is 2. The number of thiophene rings is 1. The molecule has 0 aliphatic rings.